The third kappa shape index (κ3) is 4.78. The number of anilines is 2. The topological polar surface area (TPSA) is 139 Å². The number of nitrogens with zero attached hydrogens (tertiary/aromatic N) is 4. The van der Waals surface area contributed by atoms with Gasteiger partial charge in [0.05, 0.1) is 12.6 Å². The number of imide groups is 1. The van der Waals surface area contributed by atoms with E-state index in [4.69, 9.17) is 15.7 Å². The third-order valence-corrected chi connectivity index (χ3v) is 6.49. The Bertz CT molecular complexity index is 1540. The number of hydrogen-bond donors (Lipinski definition) is 4. The Morgan fingerprint density at radius 1 is 1.08 bits per heavy atom. The molecule has 1 saturated heterocycles. The second kappa shape index (κ2) is 9.47. The summed E-state index contributed by atoms with van der Waals surface area (Å²) >= 11 is 0. The highest BCUT2D eigenvalue weighted by atomic mass is 16.2. The number of benzene rings is 2. The molecule has 1 aliphatic carbocycles. The normalized spacial score (nSPS) is 16.4. The van der Waals surface area contributed by atoms with Crippen LogP contribution in [0, 0.1) is 0 Å². The van der Waals surface area contributed by atoms with Crippen molar-refractivity contribution in [3.63, 3.8) is 0 Å². The molecule has 2 amide bonds. The summed E-state index contributed by atoms with van der Waals surface area (Å²) in [4.78, 5) is 33.1. The zero-order valence-electron chi connectivity index (χ0n) is 20.1. The molecule has 1 aliphatic heterocycles. The molecule has 3 heterocycles. The van der Waals surface area contributed by atoms with E-state index in [0.29, 0.717) is 47.8 Å². The summed E-state index contributed by atoms with van der Waals surface area (Å²) in [5.74, 6) is 0.328. The fraction of sp³-hybridized carbons (Fsp3) is 0.222. The Hall–Kier alpha value is -4.57. The fourth-order valence-electron chi connectivity index (χ4n) is 4.34. The molecule has 2 aromatic carbocycles. The van der Waals surface area contributed by atoms with Crippen molar-refractivity contribution in [2.45, 2.75) is 38.4 Å². The molecule has 2 aromatic heterocycles. The Morgan fingerprint density at radius 2 is 1.89 bits per heavy atom. The van der Waals surface area contributed by atoms with Crippen LogP contribution in [-0.4, -0.2) is 37.4 Å². The van der Waals surface area contributed by atoms with E-state index in [1.54, 1.807) is 16.8 Å². The minimum absolute atomic E-state index is 0.0442. The monoisotopic (exact) mass is 494 g/mol. The van der Waals surface area contributed by atoms with Gasteiger partial charge in [0, 0.05) is 30.3 Å². The summed E-state index contributed by atoms with van der Waals surface area (Å²) < 4.78 is 1.64. The molecule has 186 valence electrons. The van der Waals surface area contributed by atoms with Gasteiger partial charge in [0.2, 0.25) is 17.8 Å². The van der Waals surface area contributed by atoms with Gasteiger partial charge in [0.1, 0.15) is 0 Å². The summed E-state index contributed by atoms with van der Waals surface area (Å²) in [7, 11) is 0. The van der Waals surface area contributed by atoms with Crippen LogP contribution in [0.5, 0.6) is 0 Å². The molecule has 2 aliphatic rings. The van der Waals surface area contributed by atoms with Crippen molar-refractivity contribution in [1.82, 2.24) is 24.9 Å². The van der Waals surface area contributed by atoms with Crippen molar-refractivity contribution in [3.8, 4) is 11.1 Å². The lowest BCUT2D eigenvalue weighted by Gasteiger charge is -2.13. The van der Waals surface area contributed by atoms with Crippen LogP contribution in [-0.2, 0) is 22.7 Å². The number of nitrogens with two attached hydrogens (primary N) is 1. The minimum Gasteiger partial charge on any atom is -0.351 e. The second-order valence-electron chi connectivity index (χ2n) is 9.26. The molecule has 0 radical (unpaired) electrons. The van der Waals surface area contributed by atoms with Crippen LogP contribution in [0.15, 0.2) is 60.3 Å². The molecule has 1 saturated carbocycles. The van der Waals surface area contributed by atoms with Crippen LogP contribution in [0.2, 0.25) is 0 Å². The van der Waals surface area contributed by atoms with Gasteiger partial charge in [0.25, 0.3) is 5.91 Å². The van der Waals surface area contributed by atoms with Crippen molar-refractivity contribution in [3.05, 3.63) is 77.0 Å². The van der Waals surface area contributed by atoms with E-state index in [1.165, 1.54) is 0 Å². The molecule has 0 spiro atoms. The van der Waals surface area contributed by atoms with E-state index in [1.807, 2.05) is 24.3 Å². The van der Waals surface area contributed by atoms with Gasteiger partial charge >= 0.3 is 0 Å². The van der Waals surface area contributed by atoms with Crippen molar-refractivity contribution in [1.29, 1.82) is 0 Å². The van der Waals surface area contributed by atoms with Gasteiger partial charge in [-0.3, -0.25) is 14.9 Å². The number of amides is 2. The summed E-state index contributed by atoms with van der Waals surface area (Å²) in [6.45, 7) is 1.02. The number of carbonyl (C=O) groups excluding carboxylic acids is 2. The largest absolute Gasteiger partial charge is 0.351 e. The van der Waals surface area contributed by atoms with Gasteiger partial charge in [-0.1, -0.05) is 48.5 Å². The number of carbonyl (C=O) groups is 2. The molecular formula is C27H26N8O2. The van der Waals surface area contributed by atoms with Gasteiger partial charge in [-0.25, -0.2) is 0 Å². The molecule has 0 bridgehead atoms. The van der Waals surface area contributed by atoms with E-state index < -0.39 is 0 Å². The molecular weight excluding hydrogens is 468 g/mol. The maximum atomic E-state index is 12.1. The van der Waals surface area contributed by atoms with Crippen LogP contribution in [0.25, 0.3) is 22.9 Å². The molecule has 10 nitrogen and oxygen atoms in total. The molecule has 37 heavy (non-hydrogen) atoms. The highest BCUT2D eigenvalue weighted by Gasteiger charge is 2.26. The first kappa shape index (κ1) is 22.9. The summed E-state index contributed by atoms with van der Waals surface area (Å²) in [5, 5.41) is 13.5. The van der Waals surface area contributed by atoms with Crippen LogP contribution in [0.3, 0.4) is 0 Å². The lowest BCUT2D eigenvalue weighted by atomic mass is 9.98. The number of hydrogen-bond acceptors (Lipinski definition) is 8. The van der Waals surface area contributed by atoms with Crippen LogP contribution >= 0.6 is 0 Å². The van der Waals surface area contributed by atoms with Crippen molar-refractivity contribution >= 4 is 35.4 Å². The van der Waals surface area contributed by atoms with E-state index in [0.717, 1.165) is 35.1 Å². The van der Waals surface area contributed by atoms with Crippen molar-refractivity contribution in [2.75, 3.05) is 10.6 Å². The Morgan fingerprint density at radius 3 is 2.62 bits per heavy atom. The smallest absolute Gasteiger partial charge is 0.254 e. The molecule has 0 unspecified atom stereocenters. The first-order valence-electron chi connectivity index (χ1n) is 12.3. The number of aromatic nitrogens is 4. The maximum Gasteiger partial charge on any atom is 0.254 e. The Labute approximate surface area is 213 Å². The van der Waals surface area contributed by atoms with Gasteiger partial charge in [-0.15, -0.1) is 0 Å². The number of fused-ring (bicyclic) bond motifs is 1. The second-order valence-corrected chi connectivity index (χ2v) is 9.26. The zero-order chi connectivity index (χ0) is 25.4. The third-order valence-electron chi connectivity index (χ3n) is 6.49. The first-order chi connectivity index (χ1) is 18.1. The van der Waals surface area contributed by atoms with Gasteiger partial charge in [0.15, 0.2) is 5.65 Å². The standard InChI is InChI=1S/C27H26N8O2/c28-13-16-5-7-17(8-6-16)22-4-2-1-3-18(22)14-29-26-33-24-20(11-19-12-23(36)32-25(19)37)15-30-35(24)27(34-26)31-21-9-10-21/h1-8,11,15,21H,9-10,12-14,28H2,(H,32,36,37)(H2,29,31,33,34)/b19-11+. The van der Waals surface area contributed by atoms with Gasteiger partial charge in [-0.2, -0.15) is 19.6 Å². The van der Waals surface area contributed by atoms with Crippen LogP contribution in [0.4, 0.5) is 11.9 Å². The number of nitrogens with one attached hydrogen (secondary N) is 3. The number of rotatable bonds is 8. The lowest BCUT2D eigenvalue weighted by Crippen LogP contribution is -2.19. The Kier molecular flexibility index (Phi) is 5.85. The van der Waals surface area contributed by atoms with E-state index in [-0.39, 0.29) is 18.2 Å². The Balaban J connectivity index is 1.32. The highest BCUT2D eigenvalue weighted by Crippen LogP contribution is 2.28. The molecule has 6 rings (SSSR count). The van der Waals surface area contributed by atoms with E-state index >= 15 is 0 Å². The molecule has 0 atom stereocenters. The molecule has 10 heteroatoms. The van der Waals surface area contributed by atoms with Crippen molar-refractivity contribution in [2.24, 2.45) is 5.73 Å². The molecule has 5 N–H and O–H groups in total. The highest BCUT2D eigenvalue weighted by molar-refractivity contribution is 6.15. The predicted octanol–water partition coefficient (Wildman–Crippen LogP) is 2.87. The minimum atomic E-state index is -0.385. The lowest BCUT2D eigenvalue weighted by molar-refractivity contribution is -0.124. The maximum absolute atomic E-state index is 12.1. The SMILES string of the molecule is NCc1ccc(-c2ccccc2CNc2nc(NC3CC3)n3ncc(/C=C4\CC(=O)NC4=O)c3n2)cc1. The quantitative estimate of drug-likeness (QED) is 0.217. The van der Waals surface area contributed by atoms with Crippen molar-refractivity contribution < 1.29 is 9.59 Å². The van der Waals surface area contributed by atoms with E-state index in [9.17, 15) is 9.59 Å². The molecule has 4 aromatic rings. The van der Waals surface area contributed by atoms with E-state index in [2.05, 4.69) is 45.3 Å². The fourth-order valence-corrected chi connectivity index (χ4v) is 4.34. The molecule has 2 fully saturated rings. The zero-order valence-corrected chi connectivity index (χ0v) is 20.1. The summed E-state index contributed by atoms with van der Waals surface area (Å²) in [5.41, 5.74) is 11.7. The van der Waals surface area contributed by atoms with Gasteiger partial charge < -0.3 is 16.4 Å². The van der Waals surface area contributed by atoms with Gasteiger partial charge in [-0.05, 0) is 41.2 Å². The first-order valence-corrected chi connectivity index (χ1v) is 12.3. The predicted molar refractivity (Wildman–Crippen MR) is 140 cm³/mol. The summed E-state index contributed by atoms with van der Waals surface area (Å²) in [6, 6.07) is 16.8. The average Bonchev–Trinajstić information content (AvgIpc) is 3.55. The average molecular weight is 495 g/mol. The van der Waals surface area contributed by atoms with Crippen LogP contribution < -0.4 is 21.7 Å². The summed E-state index contributed by atoms with van der Waals surface area (Å²) in [6.07, 6.45) is 5.49. The van der Waals surface area contributed by atoms with Crippen LogP contribution in [0.1, 0.15) is 36.0 Å².